The Morgan fingerprint density at radius 3 is 2.24 bits per heavy atom. The van der Waals surface area contributed by atoms with Gasteiger partial charge in [0.1, 0.15) is 23.2 Å². The lowest BCUT2D eigenvalue weighted by Gasteiger charge is -2.17. The van der Waals surface area contributed by atoms with Crippen LogP contribution >= 0.6 is 0 Å². The molecule has 1 aromatic carbocycles. The zero-order chi connectivity index (χ0) is 25.8. The van der Waals surface area contributed by atoms with Crippen molar-refractivity contribution < 1.29 is 27.5 Å². The number of anilines is 1. The topological polar surface area (TPSA) is 169 Å². The monoisotopic (exact) mass is 496 g/mol. The van der Waals surface area contributed by atoms with Crippen LogP contribution in [0, 0.1) is 5.92 Å². The van der Waals surface area contributed by atoms with E-state index in [1.807, 2.05) is 13.8 Å². The number of rotatable bonds is 10. The first-order valence-electron chi connectivity index (χ1n) is 10.3. The molecule has 1 atom stereocenters. The highest BCUT2D eigenvalue weighted by Gasteiger charge is 2.26. The number of ether oxygens (including phenoxy) is 2. The van der Waals surface area contributed by atoms with Gasteiger partial charge in [0.2, 0.25) is 15.8 Å². The number of esters is 1. The maximum absolute atomic E-state index is 12.6. The Hall–Kier alpha value is -3.45. The van der Waals surface area contributed by atoms with Gasteiger partial charge in [0.25, 0.3) is 5.56 Å². The minimum atomic E-state index is -4.06. The highest BCUT2D eigenvalue weighted by molar-refractivity contribution is 7.89. The molecule has 0 bridgehead atoms. The van der Waals surface area contributed by atoms with E-state index in [2.05, 4.69) is 4.72 Å². The number of hydrogen-bond acceptors (Lipinski definition) is 9. The molecule has 3 N–H and O–H groups in total. The van der Waals surface area contributed by atoms with Crippen LogP contribution in [0.1, 0.15) is 31.1 Å². The minimum Gasteiger partial charge on any atom is -0.497 e. The first-order chi connectivity index (χ1) is 15.8. The molecular weight excluding hydrogens is 468 g/mol. The number of carbonyl (C=O) groups excluding carboxylic acids is 2. The molecule has 2 aromatic rings. The summed E-state index contributed by atoms with van der Waals surface area (Å²) in [6, 6.07) is 4.15. The highest BCUT2D eigenvalue weighted by Crippen LogP contribution is 2.16. The average Bonchev–Trinajstić information content (AvgIpc) is 2.78. The van der Waals surface area contributed by atoms with Crippen LogP contribution in [0.2, 0.25) is 0 Å². The van der Waals surface area contributed by atoms with E-state index in [4.69, 9.17) is 15.2 Å². The second-order valence-electron chi connectivity index (χ2n) is 7.96. The van der Waals surface area contributed by atoms with Gasteiger partial charge in [-0.3, -0.25) is 23.5 Å². The molecule has 2 rings (SSSR count). The molecule has 0 fully saturated rings. The molecule has 13 heteroatoms. The third kappa shape index (κ3) is 5.91. The first-order valence-corrected chi connectivity index (χ1v) is 11.7. The summed E-state index contributed by atoms with van der Waals surface area (Å²) in [6.07, 6.45) is 0. The van der Waals surface area contributed by atoms with Gasteiger partial charge in [0.05, 0.1) is 12.0 Å². The van der Waals surface area contributed by atoms with Crippen molar-refractivity contribution in [3.63, 3.8) is 0 Å². The third-order valence-corrected chi connectivity index (χ3v) is 6.37. The Labute approximate surface area is 196 Å². The summed E-state index contributed by atoms with van der Waals surface area (Å²) < 4.78 is 38.8. The molecule has 0 amide bonds. The first kappa shape index (κ1) is 26.8. The number of nitrogens with two attached hydrogens (primary N) is 1. The number of carbonyl (C=O) groups is 2. The number of nitrogen functional groups attached to an aromatic ring is 1. The number of aromatic nitrogens is 2. The number of hydrogen-bond donors (Lipinski definition) is 2. The van der Waals surface area contributed by atoms with Crippen LogP contribution in [0.5, 0.6) is 5.75 Å². The molecule has 0 spiro atoms. The van der Waals surface area contributed by atoms with Gasteiger partial charge < -0.3 is 15.2 Å². The molecule has 1 aromatic heterocycles. The van der Waals surface area contributed by atoms with Gasteiger partial charge >= 0.3 is 11.7 Å². The van der Waals surface area contributed by atoms with Crippen molar-refractivity contribution in [2.45, 2.75) is 38.3 Å². The number of sulfonamides is 1. The molecule has 0 aliphatic rings. The fraction of sp³-hybridized carbons (Fsp3) is 0.429. The Morgan fingerprint density at radius 2 is 1.71 bits per heavy atom. The van der Waals surface area contributed by atoms with Crippen molar-refractivity contribution in [2.75, 3.05) is 19.5 Å². The van der Waals surface area contributed by atoms with E-state index >= 15 is 0 Å². The van der Waals surface area contributed by atoms with E-state index in [1.165, 1.54) is 45.3 Å². The summed E-state index contributed by atoms with van der Waals surface area (Å²) in [5.41, 5.74) is 3.85. The fourth-order valence-electron chi connectivity index (χ4n) is 3.02. The molecule has 12 nitrogen and oxygen atoms in total. The number of methoxy groups -OCH3 is 1. The van der Waals surface area contributed by atoms with Gasteiger partial charge in [-0.05, 0) is 37.1 Å². The maximum atomic E-state index is 12.6. The standard InChI is InChI=1S/C21H28N4O8S/c1-12(2)10-25-18(22)17(19(27)24(4)21(25)29)16(26)11-33-20(28)13(3)23-34(30,31)15-8-6-14(32-5)7-9-15/h6-9,12-13,23H,10-11,22H2,1-5H3. The summed E-state index contributed by atoms with van der Waals surface area (Å²) in [5, 5.41) is 0. The largest absolute Gasteiger partial charge is 0.497 e. The smallest absolute Gasteiger partial charge is 0.332 e. The Bertz CT molecular complexity index is 1290. The lowest BCUT2D eigenvalue weighted by molar-refractivity contribution is -0.144. The zero-order valence-corrected chi connectivity index (χ0v) is 20.3. The molecule has 0 saturated carbocycles. The van der Waals surface area contributed by atoms with Crippen molar-refractivity contribution in [3.8, 4) is 5.75 Å². The summed E-state index contributed by atoms with van der Waals surface area (Å²) in [6.45, 7) is 4.20. The van der Waals surface area contributed by atoms with Crippen LogP contribution in [0.3, 0.4) is 0 Å². The summed E-state index contributed by atoms with van der Waals surface area (Å²) >= 11 is 0. The van der Waals surface area contributed by atoms with Crippen molar-refractivity contribution in [2.24, 2.45) is 13.0 Å². The molecule has 34 heavy (non-hydrogen) atoms. The van der Waals surface area contributed by atoms with Gasteiger partial charge in [0.15, 0.2) is 6.61 Å². The van der Waals surface area contributed by atoms with E-state index in [0.717, 1.165) is 9.13 Å². The average molecular weight is 497 g/mol. The van der Waals surface area contributed by atoms with Gasteiger partial charge in [-0.15, -0.1) is 0 Å². The molecule has 1 heterocycles. The molecule has 0 aliphatic carbocycles. The van der Waals surface area contributed by atoms with Crippen LogP contribution in [0.15, 0.2) is 38.8 Å². The van der Waals surface area contributed by atoms with Gasteiger partial charge in [0, 0.05) is 13.6 Å². The predicted molar refractivity (Wildman–Crippen MR) is 123 cm³/mol. The molecule has 186 valence electrons. The van der Waals surface area contributed by atoms with Gasteiger partial charge in [-0.1, -0.05) is 13.8 Å². The summed E-state index contributed by atoms with van der Waals surface area (Å²) in [4.78, 5) is 49.6. The minimum absolute atomic E-state index is 0.00198. The zero-order valence-electron chi connectivity index (χ0n) is 19.5. The Balaban J connectivity index is 2.15. The maximum Gasteiger partial charge on any atom is 0.332 e. The second-order valence-corrected chi connectivity index (χ2v) is 9.67. The number of benzene rings is 1. The van der Waals surface area contributed by atoms with Gasteiger partial charge in [-0.25, -0.2) is 13.2 Å². The van der Waals surface area contributed by atoms with Crippen molar-refractivity contribution in [1.29, 1.82) is 0 Å². The highest BCUT2D eigenvalue weighted by atomic mass is 32.2. The number of ketones is 1. The predicted octanol–water partition coefficient (Wildman–Crippen LogP) is -0.113. The van der Waals surface area contributed by atoms with E-state index in [9.17, 15) is 27.6 Å². The molecule has 1 unspecified atom stereocenters. The fourth-order valence-corrected chi connectivity index (χ4v) is 4.22. The van der Waals surface area contributed by atoms with Crippen LogP contribution in [-0.2, 0) is 33.1 Å². The Morgan fingerprint density at radius 1 is 1.12 bits per heavy atom. The molecule has 0 aliphatic heterocycles. The number of Topliss-reactive ketones (excluding diaryl/α,β-unsaturated/α-hetero) is 1. The van der Waals surface area contributed by atoms with Crippen LogP contribution in [-0.4, -0.2) is 49.1 Å². The van der Waals surface area contributed by atoms with Crippen LogP contribution in [0.4, 0.5) is 5.82 Å². The second kappa shape index (κ2) is 10.7. The van der Waals surface area contributed by atoms with Crippen LogP contribution < -0.4 is 26.4 Å². The van der Waals surface area contributed by atoms with Crippen molar-refractivity contribution in [1.82, 2.24) is 13.9 Å². The third-order valence-electron chi connectivity index (χ3n) is 4.81. The van der Waals surface area contributed by atoms with Gasteiger partial charge in [-0.2, -0.15) is 4.72 Å². The van der Waals surface area contributed by atoms with E-state index in [0.29, 0.717) is 5.75 Å². The SMILES string of the molecule is COc1ccc(S(=O)(=O)NC(C)C(=O)OCC(=O)c2c(N)n(CC(C)C)c(=O)n(C)c2=O)cc1. The molecular formula is C21H28N4O8S. The quantitative estimate of drug-likeness (QED) is 0.336. The van der Waals surface area contributed by atoms with E-state index in [-0.39, 0.29) is 23.2 Å². The lowest BCUT2D eigenvalue weighted by atomic mass is 10.1. The molecule has 0 saturated heterocycles. The summed E-state index contributed by atoms with van der Waals surface area (Å²) in [5.74, 6) is -1.84. The van der Waals surface area contributed by atoms with Crippen molar-refractivity contribution >= 4 is 27.6 Å². The summed E-state index contributed by atoms with van der Waals surface area (Å²) in [7, 11) is -1.42. The van der Waals surface area contributed by atoms with Crippen LogP contribution in [0.25, 0.3) is 0 Å². The molecule has 0 radical (unpaired) electrons. The van der Waals surface area contributed by atoms with E-state index in [1.54, 1.807) is 0 Å². The van der Waals surface area contributed by atoms with E-state index < -0.39 is 51.2 Å². The Kier molecular flexibility index (Phi) is 8.40. The lowest BCUT2D eigenvalue weighted by Crippen LogP contribution is -2.44. The van der Waals surface area contributed by atoms with Crippen molar-refractivity contribution in [3.05, 3.63) is 50.7 Å². The number of nitrogens with one attached hydrogen (secondary N) is 1. The number of nitrogens with zero attached hydrogens (tertiary/aromatic N) is 2. The normalized spacial score (nSPS) is 12.4.